The van der Waals surface area contributed by atoms with Gasteiger partial charge < -0.3 is 5.73 Å². The zero-order valence-corrected chi connectivity index (χ0v) is 14.3. The number of nitrogens with two attached hydrogens (primary N) is 1. The second-order valence-electron chi connectivity index (χ2n) is 6.08. The number of rotatable bonds is 10. The van der Waals surface area contributed by atoms with Crippen molar-refractivity contribution in [2.45, 2.75) is 45.7 Å². The first-order valence-corrected chi connectivity index (χ1v) is 8.46. The molecule has 24 heavy (non-hydrogen) atoms. The minimum atomic E-state index is -0.218. The van der Waals surface area contributed by atoms with E-state index >= 15 is 0 Å². The van der Waals surface area contributed by atoms with Gasteiger partial charge in [0.1, 0.15) is 0 Å². The lowest BCUT2D eigenvalue weighted by Gasteiger charge is -2.22. The first-order valence-electron chi connectivity index (χ1n) is 8.46. The van der Waals surface area contributed by atoms with Crippen molar-refractivity contribution >= 4 is 5.91 Å². The van der Waals surface area contributed by atoms with Gasteiger partial charge in [-0.25, -0.2) is 0 Å². The molecule has 1 amide bonds. The molecular weight excluding hydrogens is 300 g/mol. The van der Waals surface area contributed by atoms with E-state index in [0.29, 0.717) is 6.42 Å². The molecule has 2 heterocycles. The molecule has 128 valence electrons. The van der Waals surface area contributed by atoms with E-state index in [-0.39, 0.29) is 5.91 Å². The van der Waals surface area contributed by atoms with Crippen LogP contribution < -0.4 is 5.73 Å². The summed E-state index contributed by atoms with van der Waals surface area (Å²) in [5.41, 5.74) is 8.56. The number of hydrogen-bond acceptors (Lipinski definition) is 4. The second kappa shape index (κ2) is 9.78. The number of aromatic nitrogens is 2. The fraction of sp³-hybridized carbons (Fsp3) is 0.421. The van der Waals surface area contributed by atoms with Crippen LogP contribution in [0.1, 0.15) is 42.6 Å². The summed E-state index contributed by atoms with van der Waals surface area (Å²) in [6.07, 6.45) is 7.03. The number of unbranched alkanes of at least 4 members (excludes halogenated alkanes) is 2. The third-order valence-corrected chi connectivity index (χ3v) is 4.00. The largest absolute Gasteiger partial charge is 0.370 e. The number of carbonyl (C=O) groups is 1. The molecule has 2 rings (SSSR count). The van der Waals surface area contributed by atoms with Crippen LogP contribution >= 0.6 is 0 Å². The number of hydrogen-bond donors (Lipinski definition) is 1. The average Bonchev–Trinajstić information content (AvgIpc) is 2.57. The van der Waals surface area contributed by atoms with Crippen molar-refractivity contribution in [3.63, 3.8) is 0 Å². The number of pyridine rings is 2. The summed E-state index contributed by atoms with van der Waals surface area (Å²) in [7, 11) is 0. The molecule has 0 aliphatic heterocycles. The Morgan fingerprint density at radius 1 is 1.04 bits per heavy atom. The quantitative estimate of drug-likeness (QED) is 0.682. The van der Waals surface area contributed by atoms with Gasteiger partial charge in [-0.3, -0.25) is 19.7 Å². The average molecular weight is 326 g/mol. The molecule has 0 unspecified atom stereocenters. The highest BCUT2D eigenvalue weighted by Gasteiger charge is 2.10. The molecule has 2 aromatic heterocycles. The second-order valence-corrected chi connectivity index (χ2v) is 6.08. The van der Waals surface area contributed by atoms with Gasteiger partial charge in [-0.2, -0.15) is 0 Å². The summed E-state index contributed by atoms with van der Waals surface area (Å²) < 4.78 is 0. The standard InChI is InChI=1S/C19H26N4O/c1-16-8-7-12-22-18(16)15-23(13-6-2-3-10-19(20)24)14-17-9-4-5-11-21-17/h4-5,7-9,11-12H,2-3,6,10,13-15H2,1H3,(H2,20,24). The number of nitrogens with zero attached hydrogens (tertiary/aromatic N) is 3. The van der Waals surface area contributed by atoms with Gasteiger partial charge in [0, 0.05) is 31.9 Å². The van der Waals surface area contributed by atoms with E-state index in [9.17, 15) is 4.79 Å². The van der Waals surface area contributed by atoms with Gasteiger partial charge in [-0.05, 0) is 50.1 Å². The highest BCUT2D eigenvalue weighted by molar-refractivity contribution is 5.73. The lowest BCUT2D eigenvalue weighted by atomic mass is 10.1. The van der Waals surface area contributed by atoms with Crippen LogP contribution in [0.5, 0.6) is 0 Å². The Morgan fingerprint density at radius 2 is 1.88 bits per heavy atom. The molecule has 5 heteroatoms. The van der Waals surface area contributed by atoms with E-state index in [4.69, 9.17) is 5.73 Å². The molecule has 2 N–H and O–H groups in total. The van der Waals surface area contributed by atoms with Crippen molar-refractivity contribution in [1.29, 1.82) is 0 Å². The summed E-state index contributed by atoms with van der Waals surface area (Å²) in [5.74, 6) is -0.218. The predicted octanol–water partition coefficient (Wildman–Crippen LogP) is 2.83. The van der Waals surface area contributed by atoms with Crippen LogP contribution in [0, 0.1) is 6.92 Å². The number of amides is 1. The van der Waals surface area contributed by atoms with Gasteiger partial charge in [0.05, 0.1) is 11.4 Å². The lowest BCUT2D eigenvalue weighted by molar-refractivity contribution is -0.118. The zero-order chi connectivity index (χ0) is 17.2. The smallest absolute Gasteiger partial charge is 0.217 e. The van der Waals surface area contributed by atoms with Crippen molar-refractivity contribution in [1.82, 2.24) is 14.9 Å². The molecule has 5 nitrogen and oxygen atoms in total. The van der Waals surface area contributed by atoms with E-state index in [1.807, 2.05) is 36.7 Å². The third kappa shape index (κ3) is 6.46. The van der Waals surface area contributed by atoms with E-state index in [0.717, 1.165) is 50.3 Å². The number of aryl methyl sites for hydroxylation is 1. The Morgan fingerprint density at radius 3 is 2.58 bits per heavy atom. The minimum absolute atomic E-state index is 0.218. The van der Waals surface area contributed by atoms with Crippen LogP contribution in [0.4, 0.5) is 0 Å². The van der Waals surface area contributed by atoms with Crippen molar-refractivity contribution in [2.24, 2.45) is 5.73 Å². The molecular formula is C19H26N4O. The Kier molecular flexibility index (Phi) is 7.36. The first-order chi connectivity index (χ1) is 11.6. The fourth-order valence-corrected chi connectivity index (χ4v) is 2.64. The fourth-order valence-electron chi connectivity index (χ4n) is 2.64. The molecule has 0 bridgehead atoms. The van der Waals surface area contributed by atoms with Crippen LogP contribution in [-0.2, 0) is 17.9 Å². The van der Waals surface area contributed by atoms with Crippen molar-refractivity contribution in [3.8, 4) is 0 Å². The van der Waals surface area contributed by atoms with Crippen molar-refractivity contribution in [3.05, 3.63) is 59.7 Å². The Hall–Kier alpha value is -2.27. The molecule has 0 spiro atoms. The Balaban J connectivity index is 1.93. The van der Waals surface area contributed by atoms with Gasteiger partial charge in [0.15, 0.2) is 0 Å². The maximum Gasteiger partial charge on any atom is 0.217 e. The summed E-state index contributed by atoms with van der Waals surface area (Å²) >= 11 is 0. The predicted molar refractivity (Wildman–Crippen MR) is 95.0 cm³/mol. The topological polar surface area (TPSA) is 72.1 Å². The van der Waals surface area contributed by atoms with Crippen molar-refractivity contribution < 1.29 is 4.79 Å². The molecule has 0 fully saturated rings. The van der Waals surface area contributed by atoms with Gasteiger partial charge in [-0.1, -0.05) is 18.6 Å². The van der Waals surface area contributed by atoms with Crippen LogP contribution in [-0.4, -0.2) is 27.3 Å². The van der Waals surface area contributed by atoms with Gasteiger partial charge in [-0.15, -0.1) is 0 Å². The molecule has 0 aliphatic rings. The maximum atomic E-state index is 10.8. The normalized spacial score (nSPS) is 10.9. The summed E-state index contributed by atoms with van der Waals surface area (Å²) in [6, 6.07) is 10.0. The Bertz CT molecular complexity index is 630. The van der Waals surface area contributed by atoms with Gasteiger partial charge >= 0.3 is 0 Å². The maximum absolute atomic E-state index is 10.8. The minimum Gasteiger partial charge on any atom is -0.370 e. The van der Waals surface area contributed by atoms with E-state index in [1.165, 1.54) is 5.56 Å². The van der Waals surface area contributed by atoms with E-state index in [2.05, 4.69) is 27.9 Å². The molecule has 0 atom stereocenters. The summed E-state index contributed by atoms with van der Waals surface area (Å²) in [5, 5.41) is 0. The lowest BCUT2D eigenvalue weighted by Crippen LogP contribution is -2.25. The molecule has 0 radical (unpaired) electrons. The molecule has 0 saturated heterocycles. The third-order valence-electron chi connectivity index (χ3n) is 4.00. The van der Waals surface area contributed by atoms with Gasteiger partial charge in [0.2, 0.25) is 5.91 Å². The monoisotopic (exact) mass is 326 g/mol. The van der Waals surface area contributed by atoms with E-state index < -0.39 is 0 Å². The molecule has 0 saturated carbocycles. The van der Waals surface area contributed by atoms with Crippen LogP contribution in [0.3, 0.4) is 0 Å². The highest BCUT2D eigenvalue weighted by atomic mass is 16.1. The molecule has 0 aliphatic carbocycles. The Labute approximate surface area is 143 Å². The van der Waals surface area contributed by atoms with Crippen molar-refractivity contribution in [2.75, 3.05) is 6.54 Å². The number of primary amides is 1. The molecule has 0 aromatic carbocycles. The zero-order valence-electron chi connectivity index (χ0n) is 14.3. The SMILES string of the molecule is Cc1cccnc1CN(CCCCCC(N)=O)Cc1ccccn1. The number of carbonyl (C=O) groups excluding carboxylic acids is 1. The van der Waals surface area contributed by atoms with Crippen LogP contribution in [0.15, 0.2) is 42.7 Å². The van der Waals surface area contributed by atoms with Gasteiger partial charge in [0.25, 0.3) is 0 Å². The van der Waals surface area contributed by atoms with E-state index in [1.54, 1.807) is 0 Å². The first kappa shape index (κ1) is 18.1. The van der Waals surface area contributed by atoms with Crippen LogP contribution in [0.25, 0.3) is 0 Å². The molecule has 2 aromatic rings. The van der Waals surface area contributed by atoms with Crippen LogP contribution in [0.2, 0.25) is 0 Å². The summed E-state index contributed by atoms with van der Waals surface area (Å²) in [6.45, 7) is 4.64. The highest BCUT2D eigenvalue weighted by Crippen LogP contribution is 2.12. The summed E-state index contributed by atoms with van der Waals surface area (Å²) in [4.78, 5) is 22.1.